The topological polar surface area (TPSA) is 56.1 Å². The van der Waals surface area contributed by atoms with Gasteiger partial charge in [-0.1, -0.05) is 6.07 Å². The standard InChI is InChI=1S/C15H19N3O2/c1-9-6-7-12(8-13(9)20-5)15(19)16-14-10(2)17-18(4)11(14)3/h6-8H,1-5H3,(H,16,19). The van der Waals surface area contributed by atoms with E-state index < -0.39 is 0 Å². The van der Waals surface area contributed by atoms with Crippen molar-refractivity contribution in [3.63, 3.8) is 0 Å². The van der Waals surface area contributed by atoms with Crippen molar-refractivity contribution in [1.29, 1.82) is 0 Å². The summed E-state index contributed by atoms with van der Waals surface area (Å²) < 4.78 is 6.99. The highest BCUT2D eigenvalue weighted by Crippen LogP contribution is 2.22. The SMILES string of the molecule is COc1cc(C(=O)Nc2c(C)nn(C)c2C)ccc1C. The molecule has 0 saturated carbocycles. The maximum Gasteiger partial charge on any atom is 0.255 e. The Balaban J connectivity index is 2.28. The van der Waals surface area contributed by atoms with Crippen molar-refractivity contribution in [3.05, 3.63) is 40.7 Å². The number of ether oxygens (including phenoxy) is 1. The number of benzene rings is 1. The van der Waals surface area contributed by atoms with Gasteiger partial charge in [0.1, 0.15) is 5.75 Å². The highest BCUT2D eigenvalue weighted by molar-refractivity contribution is 6.05. The van der Waals surface area contributed by atoms with Crippen LogP contribution < -0.4 is 10.1 Å². The molecule has 0 bridgehead atoms. The molecule has 0 fully saturated rings. The number of amides is 1. The van der Waals surface area contributed by atoms with E-state index in [-0.39, 0.29) is 5.91 Å². The molecule has 2 aromatic rings. The molecule has 5 nitrogen and oxygen atoms in total. The van der Waals surface area contributed by atoms with E-state index in [4.69, 9.17) is 4.74 Å². The van der Waals surface area contributed by atoms with E-state index in [0.29, 0.717) is 11.3 Å². The summed E-state index contributed by atoms with van der Waals surface area (Å²) in [4.78, 5) is 12.3. The zero-order chi connectivity index (χ0) is 14.9. The first-order valence-corrected chi connectivity index (χ1v) is 6.40. The van der Waals surface area contributed by atoms with E-state index in [1.54, 1.807) is 23.9 Å². The van der Waals surface area contributed by atoms with E-state index in [0.717, 1.165) is 22.6 Å². The van der Waals surface area contributed by atoms with Crippen molar-refractivity contribution < 1.29 is 9.53 Å². The molecule has 0 atom stereocenters. The minimum Gasteiger partial charge on any atom is -0.496 e. The summed E-state index contributed by atoms with van der Waals surface area (Å²) in [6.45, 7) is 5.74. The molecule has 0 aliphatic carbocycles. The zero-order valence-corrected chi connectivity index (χ0v) is 12.4. The fourth-order valence-electron chi connectivity index (χ4n) is 2.10. The average Bonchev–Trinajstić information content (AvgIpc) is 2.66. The molecular formula is C15H19N3O2. The quantitative estimate of drug-likeness (QED) is 0.935. The summed E-state index contributed by atoms with van der Waals surface area (Å²) in [5.74, 6) is 0.541. The summed E-state index contributed by atoms with van der Waals surface area (Å²) in [6, 6.07) is 5.40. The molecule has 1 heterocycles. The first kappa shape index (κ1) is 14.1. The molecule has 0 saturated heterocycles. The molecule has 2 rings (SSSR count). The smallest absolute Gasteiger partial charge is 0.255 e. The van der Waals surface area contributed by atoms with Crippen molar-refractivity contribution in [2.75, 3.05) is 12.4 Å². The Morgan fingerprint density at radius 3 is 2.55 bits per heavy atom. The lowest BCUT2D eigenvalue weighted by molar-refractivity contribution is 0.102. The van der Waals surface area contributed by atoms with Crippen molar-refractivity contribution in [1.82, 2.24) is 9.78 Å². The second-order valence-corrected chi connectivity index (χ2v) is 4.81. The zero-order valence-electron chi connectivity index (χ0n) is 12.4. The summed E-state index contributed by atoms with van der Waals surface area (Å²) in [5.41, 5.74) is 4.05. The minimum absolute atomic E-state index is 0.164. The second-order valence-electron chi connectivity index (χ2n) is 4.81. The van der Waals surface area contributed by atoms with Gasteiger partial charge in [-0.05, 0) is 38.5 Å². The van der Waals surface area contributed by atoms with Crippen LogP contribution in [0.15, 0.2) is 18.2 Å². The molecule has 0 unspecified atom stereocenters. The monoisotopic (exact) mass is 273 g/mol. The molecule has 20 heavy (non-hydrogen) atoms. The highest BCUT2D eigenvalue weighted by Gasteiger charge is 2.14. The number of aromatic nitrogens is 2. The number of nitrogens with one attached hydrogen (secondary N) is 1. The van der Waals surface area contributed by atoms with Crippen molar-refractivity contribution in [2.24, 2.45) is 7.05 Å². The molecule has 0 aliphatic rings. The lowest BCUT2D eigenvalue weighted by Crippen LogP contribution is -2.13. The highest BCUT2D eigenvalue weighted by atomic mass is 16.5. The number of carbonyl (C=O) groups excluding carboxylic acids is 1. The van der Waals surface area contributed by atoms with Crippen LogP contribution in [0.4, 0.5) is 5.69 Å². The van der Waals surface area contributed by atoms with Crippen LogP contribution in [0.5, 0.6) is 5.75 Å². The van der Waals surface area contributed by atoms with Gasteiger partial charge in [-0.25, -0.2) is 0 Å². The Morgan fingerprint density at radius 1 is 1.30 bits per heavy atom. The van der Waals surface area contributed by atoms with Crippen LogP contribution in [0, 0.1) is 20.8 Å². The maximum absolute atomic E-state index is 12.3. The van der Waals surface area contributed by atoms with Crippen molar-refractivity contribution in [2.45, 2.75) is 20.8 Å². The van der Waals surface area contributed by atoms with Crippen molar-refractivity contribution >= 4 is 11.6 Å². The average molecular weight is 273 g/mol. The summed E-state index contributed by atoms with van der Waals surface area (Å²) in [6.07, 6.45) is 0. The van der Waals surface area contributed by atoms with Gasteiger partial charge >= 0.3 is 0 Å². The number of carbonyl (C=O) groups is 1. The third-order valence-corrected chi connectivity index (χ3v) is 3.42. The van der Waals surface area contributed by atoms with E-state index in [9.17, 15) is 4.79 Å². The predicted octanol–water partition coefficient (Wildman–Crippen LogP) is 2.61. The Morgan fingerprint density at radius 2 is 2.00 bits per heavy atom. The van der Waals surface area contributed by atoms with Gasteiger partial charge in [0.15, 0.2) is 0 Å². The molecular weight excluding hydrogens is 254 g/mol. The molecule has 1 amide bonds. The van der Waals surface area contributed by atoms with Gasteiger partial charge in [-0.3, -0.25) is 9.48 Å². The third kappa shape index (κ3) is 2.52. The third-order valence-electron chi connectivity index (χ3n) is 3.42. The van der Waals surface area contributed by atoms with Crippen molar-refractivity contribution in [3.8, 4) is 5.75 Å². The predicted molar refractivity (Wildman–Crippen MR) is 78.4 cm³/mol. The fourth-order valence-corrected chi connectivity index (χ4v) is 2.10. The number of anilines is 1. The molecule has 5 heteroatoms. The van der Waals surface area contributed by atoms with Gasteiger partial charge in [-0.15, -0.1) is 0 Å². The van der Waals surface area contributed by atoms with E-state index in [1.165, 1.54) is 0 Å². The van der Waals surface area contributed by atoms with Crippen LogP contribution in [0.2, 0.25) is 0 Å². The molecule has 1 N–H and O–H groups in total. The van der Waals surface area contributed by atoms with Gasteiger partial charge in [-0.2, -0.15) is 5.10 Å². The molecule has 0 spiro atoms. The molecule has 0 aliphatic heterocycles. The van der Waals surface area contributed by atoms with Crippen LogP contribution in [0.3, 0.4) is 0 Å². The van der Waals surface area contributed by atoms with Gasteiger partial charge in [0.2, 0.25) is 0 Å². The van der Waals surface area contributed by atoms with Crippen LogP contribution in [0.1, 0.15) is 27.3 Å². The largest absolute Gasteiger partial charge is 0.496 e. The lowest BCUT2D eigenvalue weighted by Gasteiger charge is -2.09. The number of nitrogens with zero attached hydrogens (tertiary/aromatic N) is 2. The summed E-state index contributed by atoms with van der Waals surface area (Å²) in [7, 11) is 3.45. The number of rotatable bonds is 3. The van der Waals surface area contributed by atoms with Crippen LogP contribution >= 0.6 is 0 Å². The normalized spacial score (nSPS) is 10.4. The van der Waals surface area contributed by atoms with E-state index in [1.807, 2.05) is 33.9 Å². The number of aryl methyl sites for hydroxylation is 3. The molecule has 1 aromatic carbocycles. The second kappa shape index (κ2) is 5.36. The van der Waals surface area contributed by atoms with Crippen LogP contribution in [-0.2, 0) is 7.05 Å². The molecule has 106 valence electrons. The Hall–Kier alpha value is -2.30. The molecule has 0 radical (unpaired) electrons. The maximum atomic E-state index is 12.3. The lowest BCUT2D eigenvalue weighted by atomic mass is 10.1. The van der Waals surface area contributed by atoms with E-state index >= 15 is 0 Å². The Bertz CT molecular complexity index is 659. The Labute approximate surface area is 118 Å². The minimum atomic E-state index is -0.164. The molecule has 1 aromatic heterocycles. The number of methoxy groups -OCH3 is 1. The summed E-state index contributed by atoms with van der Waals surface area (Å²) in [5, 5.41) is 7.19. The summed E-state index contributed by atoms with van der Waals surface area (Å²) >= 11 is 0. The fraction of sp³-hybridized carbons (Fsp3) is 0.333. The van der Waals surface area contributed by atoms with Gasteiger partial charge in [0.25, 0.3) is 5.91 Å². The first-order valence-electron chi connectivity index (χ1n) is 6.40. The Kier molecular flexibility index (Phi) is 3.79. The number of hydrogen-bond donors (Lipinski definition) is 1. The van der Waals surface area contributed by atoms with E-state index in [2.05, 4.69) is 10.4 Å². The van der Waals surface area contributed by atoms with Gasteiger partial charge in [0, 0.05) is 12.6 Å². The first-order chi connectivity index (χ1) is 9.43. The van der Waals surface area contributed by atoms with Gasteiger partial charge in [0.05, 0.1) is 24.2 Å². The number of hydrogen-bond acceptors (Lipinski definition) is 3. The van der Waals surface area contributed by atoms with Crippen LogP contribution in [-0.4, -0.2) is 22.8 Å². The van der Waals surface area contributed by atoms with Crippen LogP contribution in [0.25, 0.3) is 0 Å². The van der Waals surface area contributed by atoms with Gasteiger partial charge < -0.3 is 10.1 Å².